The predicted octanol–water partition coefficient (Wildman–Crippen LogP) is 4.92. The van der Waals surface area contributed by atoms with Crippen molar-refractivity contribution in [1.82, 2.24) is 29.4 Å². The van der Waals surface area contributed by atoms with E-state index in [0.717, 1.165) is 40.4 Å². The predicted molar refractivity (Wildman–Crippen MR) is 135 cm³/mol. The highest BCUT2D eigenvalue weighted by molar-refractivity contribution is 7.14. The van der Waals surface area contributed by atoms with E-state index in [-0.39, 0.29) is 11.3 Å². The second-order valence-corrected chi connectivity index (χ2v) is 11.8. The van der Waals surface area contributed by atoms with Gasteiger partial charge in [0.25, 0.3) is 5.91 Å². The van der Waals surface area contributed by atoms with E-state index in [9.17, 15) is 4.79 Å². The molecule has 4 aliphatic carbocycles. The van der Waals surface area contributed by atoms with Gasteiger partial charge in [-0.1, -0.05) is 0 Å². The summed E-state index contributed by atoms with van der Waals surface area (Å²) in [7, 11) is 1.93. The van der Waals surface area contributed by atoms with Crippen LogP contribution in [0, 0.1) is 31.6 Å². The largest absolute Gasteiger partial charge is 0.296 e. The number of anilines is 1. The number of carbonyl (C=O) groups excluding carboxylic acids is 1. The molecule has 4 saturated carbocycles. The molecule has 8 nitrogen and oxygen atoms in total. The molecule has 0 aromatic carbocycles. The van der Waals surface area contributed by atoms with Gasteiger partial charge in [-0.05, 0) is 76.2 Å². The first-order valence-electron chi connectivity index (χ1n) is 12.5. The first kappa shape index (κ1) is 21.2. The number of thiazole rings is 1. The Morgan fingerprint density at radius 3 is 2.49 bits per heavy atom. The summed E-state index contributed by atoms with van der Waals surface area (Å²) < 4.78 is 3.59. The van der Waals surface area contributed by atoms with Crippen molar-refractivity contribution >= 4 is 28.0 Å². The van der Waals surface area contributed by atoms with Crippen LogP contribution in [-0.4, -0.2) is 35.3 Å². The molecular formula is C26H29N7OS. The second kappa shape index (κ2) is 7.46. The quantitative estimate of drug-likeness (QED) is 0.441. The van der Waals surface area contributed by atoms with Crippen LogP contribution >= 0.6 is 11.3 Å². The molecular weight excluding hydrogens is 458 g/mol. The molecule has 9 heteroatoms. The summed E-state index contributed by atoms with van der Waals surface area (Å²) in [6, 6.07) is 3.64. The fourth-order valence-electron chi connectivity index (χ4n) is 7.50. The van der Waals surface area contributed by atoms with E-state index in [1.54, 1.807) is 16.8 Å². The minimum Gasteiger partial charge on any atom is -0.296 e. The summed E-state index contributed by atoms with van der Waals surface area (Å²) in [5.74, 6) is 2.35. The van der Waals surface area contributed by atoms with Crippen molar-refractivity contribution in [2.45, 2.75) is 57.8 Å². The zero-order chi connectivity index (χ0) is 23.9. The highest BCUT2D eigenvalue weighted by Gasteiger charge is 2.52. The van der Waals surface area contributed by atoms with Crippen molar-refractivity contribution < 1.29 is 4.79 Å². The van der Waals surface area contributed by atoms with Gasteiger partial charge in [-0.25, -0.2) is 14.5 Å². The Morgan fingerprint density at radius 1 is 1.11 bits per heavy atom. The van der Waals surface area contributed by atoms with Gasteiger partial charge in [0.2, 0.25) is 0 Å². The maximum Gasteiger partial charge on any atom is 0.278 e. The Bertz CT molecular complexity index is 1440. The lowest BCUT2D eigenvalue weighted by Crippen LogP contribution is -2.48. The van der Waals surface area contributed by atoms with E-state index in [4.69, 9.17) is 4.98 Å². The van der Waals surface area contributed by atoms with Gasteiger partial charge in [-0.15, -0.1) is 11.3 Å². The molecule has 4 aromatic rings. The van der Waals surface area contributed by atoms with Crippen LogP contribution in [0.3, 0.4) is 0 Å². The van der Waals surface area contributed by atoms with Gasteiger partial charge < -0.3 is 0 Å². The van der Waals surface area contributed by atoms with Crippen LogP contribution in [0.5, 0.6) is 0 Å². The van der Waals surface area contributed by atoms with Crippen molar-refractivity contribution in [3.05, 3.63) is 46.5 Å². The number of carbonyl (C=O) groups is 1. The van der Waals surface area contributed by atoms with Gasteiger partial charge in [-0.2, -0.15) is 10.2 Å². The highest BCUT2D eigenvalue weighted by Crippen LogP contribution is 2.60. The molecule has 0 aliphatic heterocycles. The maximum atomic E-state index is 13.2. The summed E-state index contributed by atoms with van der Waals surface area (Å²) in [5, 5.41) is 15.0. The van der Waals surface area contributed by atoms with Crippen LogP contribution in [0.4, 0.5) is 5.13 Å². The third-order valence-corrected chi connectivity index (χ3v) is 9.42. The number of nitrogens with zero attached hydrogens (tertiary/aromatic N) is 6. The van der Waals surface area contributed by atoms with Crippen molar-refractivity contribution in [1.29, 1.82) is 0 Å². The van der Waals surface area contributed by atoms with Crippen molar-refractivity contribution in [3.63, 3.8) is 0 Å². The number of hydrogen-bond acceptors (Lipinski definition) is 6. The maximum absolute atomic E-state index is 13.2. The van der Waals surface area contributed by atoms with Gasteiger partial charge in [0.05, 0.1) is 17.1 Å². The smallest absolute Gasteiger partial charge is 0.278 e. The third kappa shape index (κ3) is 3.27. The minimum atomic E-state index is -0.257. The van der Waals surface area contributed by atoms with E-state index in [0.29, 0.717) is 16.5 Å². The van der Waals surface area contributed by atoms with E-state index in [2.05, 4.69) is 25.9 Å². The number of hydrogen-bond donors (Lipinski definition) is 1. The molecule has 0 spiro atoms. The summed E-state index contributed by atoms with van der Waals surface area (Å²) in [4.78, 5) is 22.5. The van der Waals surface area contributed by atoms with Gasteiger partial charge >= 0.3 is 0 Å². The van der Waals surface area contributed by atoms with Crippen molar-refractivity contribution in [2.75, 3.05) is 5.32 Å². The molecule has 8 rings (SSSR count). The summed E-state index contributed by atoms with van der Waals surface area (Å²) in [5.41, 5.74) is 6.22. The molecule has 4 heterocycles. The molecule has 4 bridgehead atoms. The van der Waals surface area contributed by atoms with Gasteiger partial charge in [-0.3, -0.25) is 14.8 Å². The first-order valence-corrected chi connectivity index (χ1v) is 13.4. The lowest BCUT2D eigenvalue weighted by molar-refractivity contribution is -0.00688. The Labute approximate surface area is 207 Å². The van der Waals surface area contributed by atoms with Gasteiger partial charge in [0.1, 0.15) is 0 Å². The van der Waals surface area contributed by atoms with Crippen LogP contribution in [0.25, 0.3) is 16.9 Å². The average molecular weight is 488 g/mol. The molecule has 4 fully saturated rings. The third-order valence-electron chi connectivity index (χ3n) is 8.66. The Morgan fingerprint density at radius 2 is 1.83 bits per heavy atom. The number of nitrogens with one attached hydrogen (secondary N) is 1. The lowest BCUT2D eigenvalue weighted by Gasteiger charge is -2.56. The van der Waals surface area contributed by atoms with Crippen LogP contribution in [0.1, 0.15) is 66.1 Å². The zero-order valence-corrected chi connectivity index (χ0v) is 21.1. The molecule has 0 saturated heterocycles. The minimum absolute atomic E-state index is 0.232. The number of fused-ring (bicyclic) bond motifs is 1. The standard InChI is InChI=1S/C26H29N7OS/c1-14-23(15(2)32(3)30-14)20-4-5-27-22-9-19(31-33(20)22)24(34)29-25-28-21(13-35-25)26-10-16-6-17(11-26)8-18(7-16)12-26/h4-5,9,13,16-18H,6-8,10-12H2,1-3H3,(H,28,29,34). The number of rotatable bonds is 4. The van der Waals surface area contributed by atoms with Gasteiger partial charge in [0.15, 0.2) is 16.5 Å². The molecule has 0 unspecified atom stereocenters. The topological polar surface area (TPSA) is 90.0 Å². The molecule has 35 heavy (non-hydrogen) atoms. The summed E-state index contributed by atoms with van der Waals surface area (Å²) >= 11 is 1.53. The Balaban J connectivity index is 1.16. The van der Waals surface area contributed by atoms with E-state index >= 15 is 0 Å². The Hall–Kier alpha value is -3.07. The molecule has 4 aromatic heterocycles. The second-order valence-electron chi connectivity index (χ2n) is 11.0. The normalized spacial score (nSPS) is 27.1. The number of aromatic nitrogens is 6. The SMILES string of the molecule is Cc1nn(C)c(C)c1-c1ccnc2cc(C(=O)Nc3nc(C45CC6CC(CC(C6)C4)C5)cs3)nn12. The van der Waals surface area contributed by atoms with Crippen LogP contribution in [0.15, 0.2) is 23.7 Å². The van der Waals surface area contributed by atoms with Crippen molar-refractivity contribution in [3.8, 4) is 11.3 Å². The molecule has 0 atom stereocenters. The van der Waals surface area contributed by atoms with Crippen molar-refractivity contribution in [2.24, 2.45) is 24.8 Å². The Kier molecular flexibility index (Phi) is 4.53. The molecule has 180 valence electrons. The monoisotopic (exact) mass is 487 g/mol. The van der Waals surface area contributed by atoms with Crippen LogP contribution in [-0.2, 0) is 12.5 Å². The average Bonchev–Trinajstić information content (AvgIpc) is 3.51. The van der Waals surface area contributed by atoms with E-state index in [1.807, 2.05) is 31.6 Å². The molecule has 1 amide bonds. The zero-order valence-electron chi connectivity index (χ0n) is 20.3. The molecule has 0 radical (unpaired) electrons. The van der Waals surface area contributed by atoms with E-state index < -0.39 is 0 Å². The fraction of sp³-hybridized carbons (Fsp3) is 0.500. The van der Waals surface area contributed by atoms with Crippen LogP contribution < -0.4 is 5.32 Å². The lowest BCUT2D eigenvalue weighted by atomic mass is 9.49. The molecule has 4 aliphatic rings. The number of aryl methyl sites for hydroxylation is 2. The number of amides is 1. The van der Waals surface area contributed by atoms with Gasteiger partial charge in [0, 0.05) is 41.4 Å². The molecule has 1 N–H and O–H groups in total. The highest BCUT2D eigenvalue weighted by atomic mass is 32.1. The summed E-state index contributed by atoms with van der Waals surface area (Å²) in [6.45, 7) is 4.01. The fourth-order valence-corrected chi connectivity index (χ4v) is 8.33. The van der Waals surface area contributed by atoms with E-state index in [1.165, 1.54) is 55.6 Å². The summed E-state index contributed by atoms with van der Waals surface area (Å²) in [6.07, 6.45) is 9.79. The first-order chi connectivity index (χ1) is 16.9. The van der Waals surface area contributed by atoms with Crippen LogP contribution in [0.2, 0.25) is 0 Å².